The van der Waals surface area contributed by atoms with E-state index in [-0.39, 0.29) is 36.9 Å². The van der Waals surface area contributed by atoms with E-state index in [9.17, 15) is 49.1 Å². The zero-order chi connectivity index (χ0) is 37.2. The van der Waals surface area contributed by atoms with Crippen molar-refractivity contribution in [3.05, 3.63) is 98.9 Å². The van der Waals surface area contributed by atoms with Gasteiger partial charge >= 0.3 is 17.6 Å². The Kier molecular flexibility index (Phi) is 12.5. The molecule has 3 aromatic rings. The normalized spacial score (nSPS) is 14.9. The van der Waals surface area contributed by atoms with Crippen LogP contribution in [-0.4, -0.2) is 91.7 Å². The molecule has 16 nitrogen and oxygen atoms in total. The quantitative estimate of drug-likeness (QED) is 0.101. The highest BCUT2D eigenvalue weighted by Crippen LogP contribution is 2.26. The molecule has 4 N–H and O–H groups in total. The highest BCUT2D eigenvalue weighted by Gasteiger charge is 2.39. The summed E-state index contributed by atoms with van der Waals surface area (Å²) in [5.41, 5.74) is 1.87. The number of nitrogens with one attached hydrogen (secondary N) is 2. The number of pyridine rings is 1. The minimum atomic E-state index is -1.57. The number of nitro groups is 1. The zero-order valence-corrected chi connectivity index (χ0v) is 27.9. The van der Waals surface area contributed by atoms with E-state index in [1.165, 1.54) is 23.4 Å². The number of benzene rings is 2. The number of aliphatic carboxylic acids is 1. The van der Waals surface area contributed by atoms with Gasteiger partial charge in [0.05, 0.1) is 23.3 Å². The fraction of sp³-hybridized carbons (Fsp3) is 0.343. The summed E-state index contributed by atoms with van der Waals surface area (Å²) >= 11 is 0. The lowest BCUT2D eigenvalue weighted by Crippen LogP contribution is -2.56. The van der Waals surface area contributed by atoms with Crippen molar-refractivity contribution >= 4 is 41.1 Å². The number of aromatic nitrogens is 1. The van der Waals surface area contributed by atoms with E-state index >= 15 is 0 Å². The molecule has 2 aromatic carbocycles. The minimum Gasteiger partial charge on any atom is -0.502 e. The third-order valence-corrected chi connectivity index (χ3v) is 8.38. The lowest BCUT2D eigenvalue weighted by molar-refractivity contribution is -0.385. The fourth-order valence-corrected chi connectivity index (χ4v) is 5.86. The molecule has 3 amide bonds. The molecular weight excluding hydrogens is 666 g/mol. The van der Waals surface area contributed by atoms with Crippen molar-refractivity contribution in [2.24, 2.45) is 0 Å². The number of aryl methyl sites for hydroxylation is 2. The average Bonchev–Trinajstić information content (AvgIpc) is 3.57. The number of Topliss-reactive ketones (excluding diaryl/α,β-unsaturated/α-hetero) is 1. The Morgan fingerprint density at radius 3 is 2.31 bits per heavy atom. The number of esters is 1. The second-order valence-corrected chi connectivity index (χ2v) is 12.1. The van der Waals surface area contributed by atoms with Crippen LogP contribution in [0.3, 0.4) is 0 Å². The lowest BCUT2D eigenvalue weighted by Gasteiger charge is -2.29. The Morgan fingerprint density at radius 1 is 1.00 bits per heavy atom. The van der Waals surface area contributed by atoms with Crippen LogP contribution >= 0.6 is 0 Å². The van der Waals surface area contributed by atoms with Crippen LogP contribution in [-0.2, 0) is 41.6 Å². The summed E-state index contributed by atoms with van der Waals surface area (Å²) in [6.07, 6.45) is 2.47. The molecular formula is C35H37N5O11. The van der Waals surface area contributed by atoms with Gasteiger partial charge in [-0.2, -0.15) is 0 Å². The third-order valence-electron chi connectivity index (χ3n) is 8.38. The molecule has 16 heteroatoms. The van der Waals surface area contributed by atoms with Crippen LogP contribution in [0.25, 0.3) is 0 Å². The number of carboxylic acids is 1. The van der Waals surface area contributed by atoms with E-state index in [1.807, 2.05) is 0 Å². The Bertz CT molecular complexity index is 1810. The molecule has 0 aliphatic carbocycles. The summed E-state index contributed by atoms with van der Waals surface area (Å²) in [5.74, 6) is -5.71. The Labute approximate surface area is 292 Å². The number of hydrogen-bond donors (Lipinski definition) is 4. The number of carboxylic acid groups (broad SMARTS) is 1. The average molecular weight is 704 g/mol. The number of rotatable bonds is 15. The van der Waals surface area contributed by atoms with Gasteiger partial charge in [0.25, 0.3) is 0 Å². The molecule has 1 aliphatic rings. The molecule has 0 bridgehead atoms. The van der Waals surface area contributed by atoms with Gasteiger partial charge in [-0.1, -0.05) is 24.3 Å². The summed E-state index contributed by atoms with van der Waals surface area (Å²) in [4.78, 5) is 93.5. The van der Waals surface area contributed by atoms with E-state index in [1.54, 1.807) is 44.2 Å². The molecule has 1 fully saturated rings. The van der Waals surface area contributed by atoms with Crippen molar-refractivity contribution < 1.29 is 48.6 Å². The van der Waals surface area contributed by atoms with Gasteiger partial charge in [0, 0.05) is 31.4 Å². The Hall–Kier alpha value is -6.19. The second kappa shape index (κ2) is 17.0. The number of carbonyl (C=O) groups excluding carboxylic acids is 5. The van der Waals surface area contributed by atoms with Crippen LogP contribution in [0.15, 0.2) is 60.9 Å². The maximum atomic E-state index is 14.0. The van der Waals surface area contributed by atoms with Gasteiger partial charge in [-0.3, -0.25) is 39.1 Å². The van der Waals surface area contributed by atoms with Gasteiger partial charge in [-0.05, 0) is 67.1 Å². The molecule has 1 aromatic heterocycles. The van der Waals surface area contributed by atoms with Gasteiger partial charge in [-0.15, -0.1) is 0 Å². The first kappa shape index (κ1) is 37.6. The van der Waals surface area contributed by atoms with Crippen LogP contribution < -0.4 is 10.6 Å². The first-order valence-electron chi connectivity index (χ1n) is 16.0. The summed E-state index contributed by atoms with van der Waals surface area (Å²) < 4.78 is 5.19. The molecule has 0 saturated carbocycles. The monoisotopic (exact) mass is 703 g/mol. The smallest absolute Gasteiger partial charge is 0.339 e. The van der Waals surface area contributed by atoms with Gasteiger partial charge < -0.3 is 30.5 Å². The summed E-state index contributed by atoms with van der Waals surface area (Å²) in [7, 11) is 0. The number of aromatic hydroxyl groups is 1. The maximum Gasteiger partial charge on any atom is 0.339 e. The number of hydrogen-bond acceptors (Lipinski definition) is 11. The maximum absolute atomic E-state index is 14.0. The Morgan fingerprint density at radius 2 is 1.69 bits per heavy atom. The van der Waals surface area contributed by atoms with Gasteiger partial charge in [0.15, 0.2) is 18.1 Å². The molecule has 1 saturated heterocycles. The molecule has 3 atom stereocenters. The number of phenols is 1. The van der Waals surface area contributed by atoms with Crippen molar-refractivity contribution in [2.45, 2.75) is 64.1 Å². The largest absolute Gasteiger partial charge is 0.502 e. The lowest BCUT2D eigenvalue weighted by atomic mass is 10.0. The Balaban J connectivity index is 1.47. The third kappa shape index (κ3) is 9.93. The van der Waals surface area contributed by atoms with Crippen LogP contribution in [0.2, 0.25) is 0 Å². The molecule has 1 aliphatic heterocycles. The first-order valence-corrected chi connectivity index (χ1v) is 16.0. The second-order valence-electron chi connectivity index (χ2n) is 12.1. The van der Waals surface area contributed by atoms with E-state index in [0.717, 1.165) is 12.1 Å². The SMILES string of the molecule is Cc1cccc(C)c1C(=O)OCC(=O)[C@H](CC(=O)O)NC(=O)C1CCCN1C(=O)[C@@H](Cc1ccncc1)NC(=O)Cc1ccc([N+](=O)[O-])c(O)c1. The van der Waals surface area contributed by atoms with Gasteiger partial charge in [0.2, 0.25) is 17.7 Å². The zero-order valence-electron chi connectivity index (χ0n) is 27.9. The summed E-state index contributed by atoms with van der Waals surface area (Å²) in [5, 5.41) is 35.6. The number of ether oxygens (including phenoxy) is 1. The number of likely N-dealkylation sites (tertiary alicyclic amines) is 1. The van der Waals surface area contributed by atoms with Crippen LogP contribution in [0.1, 0.15) is 51.9 Å². The number of nitro benzene ring substituents is 1. The highest BCUT2D eigenvalue weighted by molar-refractivity contribution is 5.98. The molecule has 0 spiro atoms. The first-order chi connectivity index (χ1) is 24.2. The number of phenolic OH excluding ortho intramolecular Hbond substituents is 1. The minimum absolute atomic E-state index is 0.00923. The van der Waals surface area contributed by atoms with Crippen molar-refractivity contribution in [3.63, 3.8) is 0 Å². The molecule has 4 rings (SSSR count). The summed E-state index contributed by atoms with van der Waals surface area (Å²) in [6, 6.07) is 8.03. The number of amides is 3. The highest BCUT2D eigenvalue weighted by atomic mass is 16.6. The number of carbonyl (C=O) groups is 6. The number of ketones is 1. The van der Waals surface area contributed by atoms with Crippen molar-refractivity contribution in [1.82, 2.24) is 20.5 Å². The van der Waals surface area contributed by atoms with E-state index in [4.69, 9.17) is 4.74 Å². The van der Waals surface area contributed by atoms with E-state index < -0.39 is 83.0 Å². The van der Waals surface area contributed by atoms with Gasteiger partial charge in [-0.25, -0.2) is 4.79 Å². The van der Waals surface area contributed by atoms with Crippen LogP contribution in [0.4, 0.5) is 5.69 Å². The topological polar surface area (TPSA) is 235 Å². The fourth-order valence-electron chi connectivity index (χ4n) is 5.86. The summed E-state index contributed by atoms with van der Waals surface area (Å²) in [6.45, 7) is 2.72. The van der Waals surface area contributed by atoms with Crippen molar-refractivity contribution in [2.75, 3.05) is 13.2 Å². The van der Waals surface area contributed by atoms with Crippen molar-refractivity contribution in [1.29, 1.82) is 0 Å². The number of nitrogens with zero attached hydrogens (tertiary/aromatic N) is 3. The standard InChI is InChI=1S/C35H37N5O11/c1-20-5-3-6-21(2)32(20)35(48)51-19-29(42)24(18-31(44)45)38-33(46)27-7-4-14-39(27)34(47)25(15-22-10-12-36-13-11-22)37-30(43)17-23-8-9-26(40(49)50)28(41)16-23/h3,5-6,8-13,16,24-25,27,41H,4,7,14-15,17-19H2,1-2H3,(H,37,43)(H,38,46)(H,44,45)/t24-,25+,27?/m0/s1. The van der Waals surface area contributed by atoms with Gasteiger partial charge in [0.1, 0.15) is 18.1 Å². The molecule has 1 unspecified atom stereocenters. The molecule has 0 radical (unpaired) electrons. The van der Waals surface area contributed by atoms with E-state index in [2.05, 4.69) is 15.6 Å². The van der Waals surface area contributed by atoms with Crippen LogP contribution in [0, 0.1) is 24.0 Å². The van der Waals surface area contributed by atoms with Crippen LogP contribution in [0.5, 0.6) is 5.75 Å². The molecule has 51 heavy (non-hydrogen) atoms. The molecule has 2 heterocycles. The predicted octanol–water partition coefficient (Wildman–Crippen LogP) is 1.96. The molecule has 268 valence electrons. The van der Waals surface area contributed by atoms with E-state index in [0.29, 0.717) is 23.1 Å². The predicted molar refractivity (Wildman–Crippen MR) is 178 cm³/mol. The van der Waals surface area contributed by atoms with Crippen molar-refractivity contribution in [3.8, 4) is 5.75 Å².